The van der Waals surface area contributed by atoms with Crippen LogP contribution in [0.25, 0.3) is 6.08 Å². The third kappa shape index (κ3) is 5.64. The summed E-state index contributed by atoms with van der Waals surface area (Å²) in [6.07, 6.45) is 3.12. The highest BCUT2D eigenvalue weighted by Crippen LogP contribution is 2.09. The maximum Gasteiger partial charge on any atom is 0.244 e. The summed E-state index contributed by atoms with van der Waals surface area (Å²) in [6, 6.07) is 16.0. The molecule has 0 aromatic heterocycles. The summed E-state index contributed by atoms with van der Waals surface area (Å²) in [7, 11) is -3.55. The van der Waals surface area contributed by atoms with Gasteiger partial charge in [-0.2, -0.15) is 0 Å². The van der Waals surface area contributed by atoms with Crippen LogP contribution in [-0.4, -0.2) is 27.4 Å². The highest BCUT2D eigenvalue weighted by atomic mass is 32.2. The number of carbonyl (C=O) groups is 1. The molecule has 0 fully saturated rings. The van der Waals surface area contributed by atoms with Crippen LogP contribution in [0.4, 0.5) is 0 Å². The van der Waals surface area contributed by atoms with E-state index in [1.807, 2.05) is 37.3 Å². The zero-order valence-electron chi connectivity index (χ0n) is 13.4. The zero-order valence-corrected chi connectivity index (χ0v) is 14.2. The van der Waals surface area contributed by atoms with E-state index in [1.54, 1.807) is 30.3 Å². The van der Waals surface area contributed by atoms with Crippen molar-refractivity contribution >= 4 is 22.0 Å². The number of sulfonamides is 1. The van der Waals surface area contributed by atoms with Gasteiger partial charge in [-0.15, -0.1) is 0 Å². The summed E-state index contributed by atoms with van der Waals surface area (Å²) in [4.78, 5) is 11.9. The van der Waals surface area contributed by atoms with E-state index in [9.17, 15) is 13.2 Å². The first-order valence-corrected chi connectivity index (χ1v) is 9.03. The molecule has 0 radical (unpaired) electrons. The van der Waals surface area contributed by atoms with E-state index in [1.165, 1.54) is 6.08 Å². The van der Waals surface area contributed by atoms with Gasteiger partial charge in [0.25, 0.3) is 0 Å². The second kappa shape index (κ2) is 8.42. The lowest BCUT2D eigenvalue weighted by molar-refractivity contribution is -0.116. The number of rotatable bonds is 7. The van der Waals surface area contributed by atoms with Crippen LogP contribution < -0.4 is 10.0 Å². The van der Waals surface area contributed by atoms with Gasteiger partial charge >= 0.3 is 0 Å². The Kier molecular flexibility index (Phi) is 6.28. The lowest BCUT2D eigenvalue weighted by Crippen LogP contribution is -2.34. The second-order valence-electron chi connectivity index (χ2n) is 5.25. The van der Waals surface area contributed by atoms with E-state index in [-0.39, 0.29) is 23.9 Å². The summed E-state index contributed by atoms with van der Waals surface area (Å²) in [5, 5.41) is 2.63. The van der Waals surface area contributed by atoms with Gasteiger partial charge in [-0.05, 0) is 30.7 Å². The molecule has 24 heavy (non-hydrogen) atoms. The van der Waals surface area contributed by atoms with Crippen molar-refractivity contribution in [2.75, 3.05) is 13.1 Å². The predicted octanol–water partition coefficient (Wildman–Crippen LogP) is 2.10. The van der Waals surface area contributed by atoms with Crippen LogP contribution in [0.15, 0.2) is 65.6 Å². The Balaban J connectivity index is 1.77. The van der Waals surface area contributed by atoms with E-state index in [0.29, 0.717) is 0 Å². The Labute approximate surface area is 142 Å². The molecule has 126 valence electrons. The van der Waals surface area contributed by atoms with Crippen LogP contribution in [0.2, 0.25) is 0 Å². The summed E-state index contributed by atoms with van der Waals surface area (Å²) in [5.41, 5.74) is 1.92. The first-order chi connectivity index (χ1) is 11.5. The molecule has 0 spiro atoms. The van der Waals surface area contributed by atoms with E-state index in [2.05, 4.69) is 10.0 Å². The zero-order chi connectivity index (χ0) is 17.4. The third-order valence-electron chi connectivity index (χ3n) is 3.27. The van der Waals surface area contributed by atoms with Gasteiger partial charge in [0.15, 0.2) is 0 Å². The highest BCUT2D eigenvalue weighted by molar-refractivity contribution is 7.89. The van der Waals surface area contributed by atoms with Gasteiger partial charge < -0.3 is 5.32 Å². The molecule has 0 atom stereocenters. The molecular weight excluding hydrogens is 324 g/mol. The van der Waals surface area contributed by atoms with E-state index in [0.717, 1.165) is 11.1 Å². The Bertz CT molecular complexity index is 798. The minimum absolute atomic E-state index is 0.126. The van der Waals surface area contributed by atoms with Crippen molar-refractivity contribution in [1.29, 1.82) is 0 Å². The van der Waals surface area contributed by atoms with Crippen molar-refractivity contribution in [2.24, 2.45) is 0 Å². The van der Waals surface area contributed by atoms with Crippen LogP contribution in [0, 0.1) is 6.92 Å². The normalized spacial score (nSPS) is 11.5. The minimum Gasteiger partial charge on any atom is -0.351 e. The molecule has 2 rings (SSSR count). The van der Waals surface area contributed by atoms with Gasteiger partial charge in [0.1, 0.15) is 0 Å². The topological polar surface area (TPSA) is 75.3 Å². The largest absolute Gasteiger partial charge is 0.351 e. The molecule has 0 heterocycles. The number of amides is 1. The average Bonchev–Trinajstić information content (AvgIpc) is 2.58. The van der Waals surface area contributed by atoms with Crippen LogP contribution >= 0.6 is 0 Å². The number of aryl methyl sites for hydroxylation is 1. The lowest BCUT2D eigenvalue weighted by Gasteiger charge is -2.07. The van der Waals surface area contributed by atoms with Crippen LogP contribution in [0.1, 0.15) is 11.1 Å². The molecule has 0 aliphatic rings. The predicted molar refractivity (Wildman–Crippen MR) is 94.9 cm³/mol. The fraction of sp³-hybridized carbons (Fsp3) is 0.167. The van der Waals surface area contributed by atoms with Gasteiger partial charge in [0, 0.05) is 19.2 Å². The quantitative estimate of drug-likeness (QED) is 0.597. The first kappa shape index (κ1) is 17.9. The molecule has 0 unspecified atom stereocenters. The van der Waals surface area contributed by atoms with Crippen LogP contribution in [0.5, 0.6) is 0 Å². The van der Waals surface area contributed by atoms with Crippen molar-refractivity contribution in [3.05, 3.63) is 71.8 Å². The molecule has 2 aromatic carbocycles. The van der Waals surface area contributed by atoms with Gasteiger partial charge in [0.2, 0.25) is 15.9 Å². The van der Waals surface area contributed by atoms with Crippen molar-refractivity contribution in [3.63, 3.8) is 0 Å². The van der Waals surface area contributed by atoms with Crippen molar-refractivity contribution in [3.8, 4) is 0 Å². The van der Waals surface area contributed by atoms with Gasteiger partial charge in [0.05, 0.1) is 4.90 Å². The molecule has 0 saturated heterocycles. The fourth-order valence-corrected chi connectivity index (χ4v) is 3.00. The minimum atomic E-state index is -3.55. The van der Waals surface area contributed by atoms with Crippen molar-refractivity contribution < 1.29 is 13.2 Å². The van der Waals surface area contributed by atoms with E-state index in [4.69, 9.17) is 0 Å². The molecule has 0 aliphatic carbocycles. The smallest absolute Gasteiger partial charge is 0.244 e. The highest BCUT2D eigenvalue weighted by Gasteiger charge is 2.12. The molecule has 0 bridgehead atoms. The number of hydrogen-bond donors (Lipinski definition) is 2. The van der Waals surface area contributed by atoms with Crippen molar-refractivity contribution in [1.82, 2.24) is 10.0 Å². The number of carbonyl (C=O) groups excluding carboxylic acids is 1. The Morgan fingerprint density at radius 3 is 2.33 bits per heavy atom. The van der Waals surface area contributed by atoms with Crippen molar-refractivity contribution in [2.45, 2.75) is 11.8 Å². The standard InChI is InChI=1S/C18H20N2O3S/c1-15-7-10-17(11-8-15)24(22,23)20-14-13-19-18(21)12-9-16-5-3-2-4-6-16/h2-12,20H,13-14H2,1H3,(H,19,21)/b12-9+. The summed E-state index contributed by atoms with van der Waals surface area (Å²) >= 11 is 0. The fourth-order valence-electron chi connectivity index (χ4n) is 1.97. The molecule has 2 N–H and O–H groups in total. The molecule has 0 saturated carbocycles. The van der Waals surface area contributed by atoms with E-state index >= 15 is 0 Å². The SMILES string of the molecule is Cc1ccc(S(=O)(=O)NCCNC(=O)/C=C/c2ccccc2)cc1. The van der Waals surface area contributed by atoms with Gasteiger partial charge in [-0.1, -0.05) is 48.0 Å². The summed E-state index contributed by atoms with van der Waals surface area (Å²) < 4.78 is 26.6. The molecule has 6 heteroatoms. The molecule has 0 aliphatic heterocycles. The Hall–Kier alpha value is -2.44. The van der Waals surface area contributed by atoms with Gasteiger partial charge in [-0.25, -0.2) is 13.1 Å². The number of hydrogen-bond acceptors (Lipinski definition) is 3. The molecule has 1 amide bonds. The second-order valence-corrected chi connectivity index (χ2v) is 7.01. The maximum absolute atomic E-state index is 12.1. The van der Waals surface area contributed by atoms with Gasteiger partial charge in [-0.3, -0.25) is 4.79 Å². The maximum atomic E-state index is 12.1. The molecule has 2 aromatic rings. The van der Waals surface area contributed by atoms with E-state index < -0.39 is 10.0 Å². The van der Waals surface area contributed by atoms with Crippen LogP contribution in [0.3, 0.4) is 0 Å². The lowest BCUT2D eigenvalue weighted by atomic mass is 10.2. The monoisotopic (exact) mass is 344 g/mol. The Morgan fingerprint density at radius 1 is 1.00 bits per heavy atom. The third-order valence-corrected chi connectivity index (χ3v) is 4.75. The molecule has 5 nitrogen and oxygen atoms in total. The number of nitrogens with one attached hydrogen (secondary N) is 2. The summed E-state index contributed by atoms with van der Waals surface area (Å²) in [6.45, 7) is 2.23. The Morgan fingerprint density at radius 2 is 1.67 bits per heavy atom. The van der Waals surface area contributed by atoms with Crippen LogP contribution in [-0.2, 0) is 14.8 Å². The summed E-state index contributed by atoms with van der Waals surface area (Å²) in [5.74, 6) is -0.270. The first-order valence-electron chi connectivity index (χ1n) is 7.55. The number of benzene rings is 2. The average molecular weight is 344 g/mol. The molecular formula is C18H20N2O3S.